The van der Waals surface area contributed by atoms with Crippen molar-refractivity contribution in [2.45, 2.75) is 0 Å². The van der Waals surface area contributed by atoms with Gasteiger partial charge >= 0.3 is 43.4 Å². The summed E-state index contributed by atoms with van der Waals surface area (Å²) in [5.74, 6) is 0. The van der Waals surface area contributed by atoms with Gasteiger partial charge in [0.25, 0.3) is 0 Å². The van der Waals surface area contributed by atoms with Crippen molar-refractivity contribution in [2.75, 3.05) is 0 Å². The third kappa shape index (κ3) is 8.94. The second-order valence-corrected chi connectivity index (χ2v) is 16.9. The second-order valence-electron chi connectivity index (χ2n) is 0.0714. The van der Waals surface area contributed by atoms with Crippen LogP contribution in [-0.4, -0.2) is 30.4 Å². The molecule has 0 aliphatic heterocycles. The minimum Gasteiger partial charge on any atom is -0.0149 e. The molecule has 0 aromatic carbocycles. The van der Waals surface area contributed by atoms with Crippen molar-refractivity contribution in [1.29, 1.82) is 0 Å². The maximum Gasteiger partial charge on any atom is -0.0149 e. The van der Waals surface area contributed by atoms with E-state index in [1.165, 1.54) is 0 Å². The van der Waals surface area contributed by atoms with Crippen molar-refractivity contribution in [2.24, 2.45) is 0 Å². The molecule has 0 saturated heterocycles. The van der Waals surface area contributed by atoms with Crippen LogP contribution < -0.4 is 0 Å². The third-order valence-electron chi connectivity index (χ3n) is 0. The molecule has 0 aliphatic carbocycles. The van der Waals surface area contributed by atoms with Crippen molar-refractivity contribution in [3.63, 3.8) is 0 Å². The minimum absolute atomic E-state index is 0. The van der Waals surface area contributed by atoms with E-state index in [1.54, 1.807) is 0 Å². The SMILES string of the molecule is [Br][Pb][Br].[SiH4]. The molecular formula is H4Br2PbSi. The van der Waals surface area contributed by atoms with Crippen LogP contribution in [0.1, 0.15) is 0 Å². The molecule has 4 heteroatoms. The van der Waals surface area contributed by atoms with Crippen molar-refractivity contribution < 1.29 is 0 Å². The van der Waals surface area contributed by atoms with Crippen LogP contribution in [0.4, 0.5) is 0 Å². The van der Waals surface area contributed by atoms with E-state index < -0.39 is 0 Å². The van der Waals surface area contributed by atoms with Crippen molar-refractivity contribution in [3.8, 4) is 0 Å². The van der Waals surface area contributed by atoms with Crippen LogP contribution in [0.2, 0.25) is 0 Å². The first-order valence-electron chi connectivity index (χ1n) is 0.378. The molecule has 0 amide bonds. The fraction of sp³-hybridized carbons (Fsp3) is 0. The summed E-state index contributed by atoms with van der Waals surface area (Å²) in [5, 5.41) is 0. The molecule has 0 aromatic heterocycles. The standard InChI is InChI=1S/2BrH.Pb.H4Si/h2*1H;;1H4/q;;+2;/p-2. The summed E-state index contributed by atoms with van der Waals surface area (Å²) in [5.41, 5.74) is 0. The fourth-order valence-electron chi connectivity index (χ4n) is 0. The zero-order valence-electron chi connectivity index (χ0n) is 1.26. The molecule has 0 aliphatic rings. The summed E-state index contributed by atoms with van der Waals surface area (Å²) >= 11 is 6.22. The molecule has 0 bridgehead atoms. The van der Waals surface area contributed by atoms with Gasteiger partial charge in [0.1, 0.15) is 0 Å². The van der Waals surface area contributed by atoms with E-state index >= 15 is 0 Å². The Balaban J connectivity index is 0. The molecule has 4 heavy (non-hydrogen) atoms. The summed E-state index contributed by atoms with van der Waals surface area (Å²) in [4.78, 5) is 0. The molecule has 0 rings (SSSR count). The largest absolute Gasteiger partial charge is 0.0149 e. The normalized spacial score (nSPS) is 4.50. The average Bonchev–Trinajstić information content (AvgIpc) is 0.918. The van der Waals surface area contributed by atoms with Crippen LogP contribution in [0, 0.1) is 0 Å². The van der Waals surface area contributed by atoms with Gasteiger partial charge in [-0.3, -0.25) is 0 Å². The Labute approximate surface area is 53.6 Å². The zero-order valence-corrected chi connectivity index (χ0v) is 8.32. The minimum atomic E-state index is -0.292. The Kier molecular flexibility index (Phi) is 21.0. The first-order chi connectivity index (χ1) is 1.41. The molecule has 0 unspecified atom stereocenters. The maximum atomic E-state index is 3.26. The van der Waals surface area contributed by atoms with E-state index in [9.17, 15) is 0 Å². The summed E-state index contributed by atoms with van der Waals surface area (Å²) < 4.78 is 0. The summed E-state index contributed by atoms with van der Waals surface area (Å²) in [6.07, 6.45) is 0. The number of halogens is 2. The van der Waals surface area contributed by atoms with E-state index in [-0.39, 0.29) is 30.4 Å². The molecule has 0 saturated carbocycles. The first-order valence-corrected chi connectivity index (χ1v) is 17.2. The van der Waals surface area contributed by atoms with Crippen LogP contribution >= 0.6 is 24.0 Å². The Morgan fingerprint density at radius 3 is 1.25 bits per heavy atom. The molecule has 0 nitrogen and oxygen atoms in total. The van der Waals surface area contributed by atoms with E-state index in [4.69, 9.17) is 0 Å². The van der Waals surface area contributed by atoms with E-state index in [0.717, 1.165) is 0 Å². The Bertz CT molecular complexity index is 6.00. The predicted octanol–water partition coefficient (Wildman–Crippen LogP) is -0.141. The average molecular weight is 399 g/mol. The van der Waals surface area contributed by atoms with Crippen molar-refractivity contribution >= 4 is 54.4 Å². The molecule has 0 heterocycles. The summed E-state index contributed by atoms with van der Waals surface area (Å²) in [6, 6.07) is 0. The van der Waals surface area contributed by atoms with Gasteiger partial charge in [-0.2, -0.15) is 0 Å². The van der Waals surface area contributed by atoms with Crippen LogP contribution in [0.25, 0.3) is 0 Å². The van der Waals surface area contributed by atoms with Crippen LogP contribution in [0.5, 0.6) is 0 Å². The number of rotatable bonds is 0. The third-order valence-corrected chi connectivity index (χ3v) is 0. The molecule has 0 atom stereocenters. The quantitative estimate of drug-likeness (QED) is 0.498. The Morgan fingerprint density at radius 2 is 1.25 bits per heavy atom. The topological polar surface area (TPSA) is 0 Å². The van der Waals surface area contributed by atoms with Gasteiger partial charge in [-0.05, 0) is 11.0 Å². The van der Waals surface area contributed by atoms with E-state index in [0.29, 0.717) is 0 Å². The van der Waals surface area contributed by atoms with Crippen LogP contribution in [0.15, 0.2) is 0 Å². The summed E-state index contributed by atoms with van der Waals surface area (Å²) in [7, 11) is 0. The molecular weight excluding hydrogens is 395 g/mol. The van der Waals surface area contributed by atoms with E-state index in [1.807, 2.05) is 0 Å². The van der Waals surface area contributed by atoms with Gasteiger partial charge in [0, 0.05) is 0 Å². The molecule has 0 spiro atoms. The smallest absolute Gasteiger partial charge is 0.0149 e. The molecule has 0 aromatic rings. The Hall–Kier alpha value is 2.10. The number of hydrogen-bond donors (Lipinski definition) is 0. The fourth-order valence-corrected chi connectivity index (χ4v) is 0. The van der Waals surface area contributed by atoms with Gasteiger partial charge in [0.15, 0.2) is 0 Å². The van der Waals surface area contributed by atoms with Gasteiger partial charge < -0.3 is 0 Å². The molecule has 2 radical (unpaired) electrons. The van der Waals surface area contributed by atoms with Gasteiger partial charge in [0.2, 0.25) is 0 Å². The van der Waals surface area contributed by atoms with Crippen LogP contribution in [-0.2, 0) is 0 Å². The Morgan fingerprint density at radius 1 is 1.25 bits per heavy atom. The summed E-state index contributed by atoms with van der Waals surface area (Å²) in [6.45, 7) is 0. The predicted molar refractivity (Wildman–Crippen MR) is 34.9 cm³/mol. The van der Waals surface area contributed by atoms with Crippen LogP contribution in [0.3, 0.4) is 0 Å². The maximum absolute atomic E-state index is 3.26. The second kappa shape index (κ2) is 8.92. The molecule has 26 valence electrons. The first kappa shape index (κ1) is 9.44. The van der Waals surface area contributed by atoms with Gasteiger partial charge in [0.05, 0.1) is 0 Å². The van der Waals surface area contributed by atoms with Gasteiger partial charge in [-0.1, -0.05) is 0 Å². The number of hydrogen-bond acceptors (Lipinski definition) is 0. The van der Waals surface area contributed by atoms with Gasteiger partial charge in [-0.25, -0.2) is 0 Å². The van der Waals surface area contributed by atoms with E-state index in [2.05, 4.69) is 24.0 Å². The van der Waals surface area contributed by atoms with Gasteiger partial charge in [-0.15, -0.1) is 0 Å². The molecule has 0 fully saturated rings. The van der Waals surface area contributed by atoms with Crippen molar-refractivity contribution in [1.82, 2.24) is 0 Å². The monoisotopic (exact) mass is 398 g/mol. The zero-order chi connectivity index (χ0) is 2.71. The molecule has 0 N–H and O–H groups in total. The van der Waals surface area contributed by atoms with Crippen molar-refractivity contribution in [3.05, 3.63) is 0 Å².